The monoisotopic (exact) mass is 750 g/mol. The van der Waals surface area contributed by atoms with Crippen molar-refractivity contribution in [1.29, 1.82) is 0 Å². The van der Waals surface area contributed by atoms with Crippen molar-refractivity contribution >= 4 is 41.7 Å². The molecular weight excluding hydrogens is 704 g/mol. The molecule has 4 aromatic carbocycles. The van der Waals surface area contributed by atoms with E-state index in [1.807, 2.05) is 25.1 Å². The summed E-state index contributed by atoms with van der Waals surface area (Å²) in [5.41, 5.74) is 3.87. The zero-order valence-corrected chi connectivity index (χ0v) is 30.5. The summed E-state index contributed by atoms with van der Waals surface area (Å²) in [5, 5.41) is 38.5. The molecule has 0 spiro atoms. The molecule has 0 aliphatic heterocycles. The molecule has 0 aliphatic rings. The molecule has 11 heteroatoms. The molecule has 11 nitrogen and oxygen atoms in total. The maximum Gasteiger partial charge on any atom is 0.182 e. The van der Waals surface area contributed by atoms with Gasteiger partial charge in [-0.05, 0) is 102 Å². The highest BCUT2D eigenvalue weighted by Gasteiger charge is 2.06. The molecule has 0 heterocycles. The van der Waals surface area contributed by atoms with Crippen LogP contribution in [0.5, 0.6) is 40.2 Å². The van der Waals surface area contributed by atoms with E-state index in [-0.39, 0.29) is 48.4 Å². The average Bonchev–Trinajstić information content (AvgIpc) is 3.16. The van der Waals surface area contributed by atoms with Gasteiger partial charge in [-0.2, -0.15) is 0 Å². The number of ether oxygens (including phenoxy) is 4. The highest BCUT2D eigenvalue weighted by atomic mass is 16.5. The van der Waals surface area contributed by atoms with Gasteiger partial charge in [-0.3, -0.25) is 14.4 Å². The predicted octanol–water partition coefficient (Wildman–Crippen LogP) is 8.46. The van der Waals surface area contributed by atoms with Crippen molar-refractivity contribution < 1.29 is 53.8 Å². The van der Waals surface area contributed by atoms with Crippen molar-refractivity contribution in [3.63, 3.8) is 0 Å². The number of aliphatic hydroxyl groups is 1. The van der Waals surface area contributed by atoms with Gasteiger partial charge in [0.05, 0.1) is 34.9 Å². The number of carbonyl (C=O) groups is 3. The molecule has 0 saturated heterocycles. The number of phenols is 3. The molecule has 4 aromatic rings. The van der Waals surface area contributed by atoms with Crippen molar-refractivity contribution in [3.05, 3.63) is 137 Å². The van der Waals surface area contributed by atoms with Gasteiger partial charge < -0.3 is 39.4 Å². The van der Waals surface area contributed by atoms with E-state index in [2.05, 4.69) is 0 Å². The Hall–Kier alpha value is -7.01. The third-order valence-corrected chi connectivity index (χ3v) is 7.49. The van der Waals surface area contributed by atoms with Crippen LogP contribution in [-0.4, -0.2) is 66.2 Å². The molecule has 0 amide bonds. The molecule has 4 rings (SSSR count). The number of phenolic OH excluding ortho intramolecular Hbond substituents is 3. The van der Waals surface area contributed by atoms with Gasteiger partial charge >= 0.3 is 0 Å². The highest BCUT2D eigenvalue weighted by Crippen LogP contribution is 2.29. The SMILES string of the molecule is C.COc1cc(/C=C/C(=O)/C=C(O)/C=C/c2ccc(O)c(OC)c2)ccc1O.COc1cc(/C=C/C(=O)CC(=O)/C=C/c2ccc(O)c(OC)c2)ccc1C. The molecule has 0 unspecified atom stereocenters. The topological polar surface area (TPSA) is 169 Å². The van der Waals surface area contributed by atoms with E-state index >= 15 is 0 Å². The summed E-state index contributed by atoms with van der Waals surface area (Å²) in [6.07, 6.45) is 12.6. The number of carbonyl (C=O) groups excluding carboxylic acids is 3. The first-order valence-corrected chi connectivity index (χ1v) is 16.3. The van der Waals surface area contributed by atoms with Gasteiger partial charge in [-0.1, -0.05) is 62.1 Å². The summed E-state index contributed by atoms with van der Waals surface area (Å²) in [6.45, 7) is 1.94. The lowest BCUT2D eigenvalue weighted by Gasteiger charge is -2.04. The third-order valence-electron chi connectivity index (χ3n) is 7.49. The van der Waals surface area contributed by atoms with Crippen molar-refractivity contribution in [2.24, 2.45) is 0 Å². The van der Waals surface area contributed by atoms with Gasteiger partial charge in [-0.25, -0.2) is 0 Å². The van der Waals surface area contributed by atoms with Crippen molar-refractivity contribution in [2.75, 3.05) is 28.4 Å². The first-order valence-electron chi connectivity index (χ1n) is 16.3. The Bertz CT molecular complexity index is 2030. The molecule has 0 aliphatic carbocycles. The van der Waals surface area contributed by atoms with Crippen molar-refractivity contribution in [2.45, 2.75) is 20.8 Å². The van der Waals surface area contributed by atoms with E-state index in [0.717, 1.165) is 23.0 Å². The molecule has 0 aromatic heterocycles. The first-order chi connectivity index (χ1) is 25.8. The van der Waals surface area contributed by atoms with E-state index < -0.39 is 5.78 Å². The fourth-order valence-corrected chi connectivity index (χ4v) is 4.60. The Kier molecular flexibility index (Phi) is 17.8. The lowest BCUT2D eigenvalue weighted by molar-refractivity contribution is -0.122. The molecule has 288 valence electrons. The van der Waals surface area contributed by atoms with Crippen LogP contribution in [0, 0.1) is 6.92 Å². The molecule has 4 N–H and O–H groups in total. The largest absolute Gasteiger partial charge is 0.508 e. The summed E-state index contributed by atoms with van der Waals surface area (Å²) in [5.74, 6) is 0.492. The third kappa shape index (κ3) is 14.5. The van der Waals surface area contributed by atoms with E-state index in [4.69, 9.17) is 18.9 Å². The summed E-state index contributed by atoms with van der Waals surface area (Å²) >= 11 is 0. The summed E-state index contributed by atoms with van der Waals surface area (Å²) < 4.78 is 20.3. The fourth-order valence-electron chi connectivity index (χ4n) is 4.60. The van der Waals surface area contributed by atoms with E-state index in [1.165, 1.54) is 63.8 Å². The summed E-state index contributed by atoms with van der Waals surface area (Å²) in [6, 6.07) is 19.7. The van der Waals surface area contributed by atoms with Crippen molar-refractivity contribution in [3.8, 4) is 40.2 Å². The van der Waals surface area contributed by atoms with Crippen LogP contribution in [0.4, 0.5) is 0 Å². The normalized spacial score (nSPS) is 11.3. The number of methoxy groups -OCH3 is 4. The van der Waals surface area contributed by atoms with E-state index in [1.54, 1.807) is 67.8 Å². The smallest absolute Gasteiger partial charge is 0.182 e. The molecule has 55 heavy (non-hydrogen) atoms. The number of hydrogen-bond acceptors (Lipinski definition) is 11. The Balaban J connectivity index is 0.000000373. The predicted molar refractivity (Wildman–Crippen MR) is 215 cm³/mol. The average molecular weight is 751 g/mol. The van der Waals surface area contributed by atoms with Gasteiger partial charge in [0, 0.05) is 6.08 Å². The Labute approximate surface area is 321 Å². The van der Waals surface area contributed by atoms with Crippen LogP contribution in [0.1, 0.15) is 41.7 Å². The van der Waals surface area contributed by atoms with Crippen LogP contribution in [0.2, 0.25) is 0 Å². The van der Waals surface area contributed by atoms with Crippen LogP contribution in [-0.2, 0) is 14.4 Å². The molecule has 0 fully saturated rings. The standard InChI is InChI=1S/C22H22O5.C21H20O6.CH4/c1-15-4-5-16(12-21(15)26-2)6-9-18(23)14-19(24)10-7-17-8-11-20(25)22(13-17)27-3;1-26-20-11-14(5-9-18(20)24)3-7-16(22)13-17(23)8-4-15-6-10-19(25)21(12-15)27-2;/h4-13,25H,14H2,1-3H3;3-13,22,24-25H,1-2H3;1H4/b9-6+,10-7+;7-3+,8-4+,16-13-;. The van der Waals surface area contributed by atoms with Crippen LogP contribution in [0.15, 0.2) is 109 Å². The maximum atomic E-state index is 12.0. The van der Waals surface area contributed by atoms with Gasteiger partial charge in [0.1, 0.15) is 11.5 Å². The number of aliphatic hydroxyl groups excluding tert-OH is 1. The zero-order chi connectivity index (χ0) is 39.6. The molecular formula is C44H46O11. The number of ketones is 3. The Morgan fingerprint density at radius 2 is 0.873 bits per heavy atom. The molecule has 0 radical (unpaired) electrons. The second kappa shape index (κ2) is 22.1. The first kappa shape index (κ1) is 44.2. The van der Waals surface area contributed by atoms with Crippen LogP contribution >= 0.6 is 0 Å². The van der Waals surface area contributed by atoms with Gasteiger partial charge in [0.25, 0.3) is 0 Å². The maximum absolute atomic E-state index is 12.0. The lowest BCUT2D eigenvalue weighted by Crippen LogP contribution is -2.01. The molecule has 0 atom stereocenters. The summed E-state index contributed by atoms with van der Waals surface area (Å²) in [7, 11) is 5.91. The quantitative estimate of drug-likeness (QED) is 0.0398. The van der Waals surface area contributed by atoms with E-state index in [9.17, 15) is 34.8 Å². The minimum Gasteiger partial charge on any atom is -0.508 e. The van der Waals surface area contributed by atoms with Gasteiger partial charge in [0.15, 0.2) is 51.8 Å². The van der Waals surface area contributed by atoms with Gasteiger partial charge in [0.2, 0.25) is 0 Å². The lowest BCUT2D eigenvalue weighted by atomic mass is 10.1. The number of benzene rings is 4. The minimum atomic E-state index is -0.410. The number of aromatic hydroxyl groups is 3. The number of rotatable bonds is 15. The minimum absolute atomic E-state index is 0. The van der Waals surface area contributed by atoms with E-state index in [0.29, 0.717) is 33.9 Å². The zero-order valence-electron chi connectivity index (χ0n) is 30.5. The Morgan fingerprint density at radius 1 is 0.527 bits per heavy atom. The number of allylic oxidation sites excluding steroid dienone is 5. The van der Waals surface area contributed by atoms with Crippen LogP contribution in [0.25, 0.3) is 24.3 Å². The fraction of sp³-hybridized carbons (Fsp3) is 0.159. The van der Waals surface area contributed by atoms with Gasteiger partial charge in [-0.15, -0.1) is 0 Å². The number of aryl methyl sites for hydroxylation is 1. The molecule has 0 bridgehead atoms. The second-order valence-corrected chi connectivity index (χ2v) is 11.4. The number of hydrogen-bond donors (Lipinski definition) is 4. The highest BCUT2D eigenvalue weighted by molar-refractivity contribution is 6.11. The van der Waals surface area contributed by atoms with Crippen LogP contribution < -0.4 is 18.9 Å². The molecule has 0 saturated carbocycles. The second-order valence-electron chi connectivity index (χ2n) is 11.4. The Morgan fingerprint density at radius 3 is 1.27 bits per heavy atom. The van der Waals surface area contributed by atoms with Crippen LogP contribution in [0.3, 0.4) is 0 Å². The van der Waals surface area contributed by atoms with Crippen molar-refractivity contribution in [1.82, 2.24) is 0 Å². The summed E-state index contributed by atoms with van der Waals surface area (Å²) in [4.78, 5) is 35.9.